The van der Waals surface area contributed by atoms with Gasteiger partial charge in [0.25, 0.3) is 5.91 Å². The summed E-state index contributed by atoms with van der Waals surface area (Å²) in [5, 5.41) is 5.99. The first-order chi connectivity index (χ1) is 14.0. The second-order valence-electron chi connectivity index (χ2n) is 6.79. The predicted molar refractivity (Wildman–Crippen MR) is 119 cm³/mol. The molecule has 6 heteroatoms. The highest BCUT2D eigenvalue weighted by Gasteiger charge is 2.11. The number of rotatable bonds is 3. The first kappa shape index (κ1) is 18.8. The maximum atomic E-state index is 12.4. The molecule has 0 saturated carbocycles. The number of carbonyl (C=O) groups is 1. The van der Waals surface area contributed by atoms with E-state index >= 15 is 0 Å². The number of para-hydroxylation sites is 2. The standard InChI is InChI=1S/C23H19N3O2S/c1-14-7-12-18(15(2)13-14)21(27)26-23(29)24-17-10-8-16(9-11-17)22-25-19-5-3-4-6-20(19)28-22/h3-13H,1-2H3,(H2,24,26,27,29). The number of anilines is 1. The van der Waals surface area contributed by atoms with Crippen LogP contribution in [0.1, 0.15) is 21.5 Å². The minimum atomic E-state index is -0.233. The molecule has 4 aromatic rings. The van der Waals surface area contributed by atoms with Crippen LogP contribution in [-0.4, -0.2) is 16.0 Å². The van der Waals surface area contributed by atoms with Crippen LogP contribution in [0.25, 0.3) is 22.6 Å². The summed E-state index contributed by atoms with van der Waals surface area (Å²) in [6.07, 6.45) is 0. The molecule has 0 aliphatic rings. The molecule has 0 spiro atoms. The summed E-state index contributed by atoms with van der Waals surface area (Å²) in [7, 11) is 0. The molecule has 0 unspecified atom stereocenters. The van der Waals surface area contributed by atoms with Crippen molar-refractivity contribution in [2.75, 3.05) is 5.32 Å². The van der Waals surface area contributed by atoms with Crippen LogP contribution >= 0.6 is 12.2 Å². The highest BCUT2D eigenvalue weighted by atomic mass is 32.1. The largest absolute Gasteiger partial charge is 0.436 e. The number of hydrogen-bond acceptors (Lipinski definition) is 4. The summed E-state index contributed by atoms with van der Waals surface area (Å²) in [5.74, 6) is 0.326. The molecule has 2 N–H and O–H groups in total. The van der Waals surface area contributed by atoms with Crippen molar-refractivity contribution in [2.24, 2.45) is 0 Å². The van der Waals surface area contributed by atoms with Crippen molar-refractivity contribution in [3.8, 4) is 11.5 Å². The number of fused-ring (bicyclic) bond motifs is 1. The van der Waals surface area contributed by atoms with E-state index in [1.54, 1.807) is 6.07 Å². The summed E-state index contributed by atoms with van der Waals surface area (Å²) in [5.41, 5.74) is 5.81. The molecule has 0 aliphatic heterocycles. The quantitative estimate of drug-likeness (QED) is 0.460. The van der Waals surface area contributed by atoms with Gasteiger partial charge in [0.2, 0.25) is 5.89 Å². The number of hydrogen-bond donors (Lipinski definition) is 2. The molecule has 29 heavy (non-hydrogen) atoms. The molecule has 0 radical (unpaired) electrons. The van der Waals surface area contributed by atoms with E-state index in [-0.39, 0.29) is 11.0 Å². The fraction of sp³-hybridized carbons (Fsp3) is 0.0870. The van der Waals surface area contributed by atoms with Crippen molar-refractivity contribution in [3.63, 3.8) is 0 Å². The van der Waals surface area contributed by atoms with Crippen LogP contribution in [-0.2, 0) is 0 Å². The van der Waals surface area contributed by atoms with Crippen molar-refractivity contribution in [1.29, 1.82) is 0 Å². The van der Waals surface area contributed by atoms with Crippen LogP contribution in [0, 0.1) is 13.8 Å². The summed E-state index contributed by atoms with van der Waals surface area (Å²) in [6, 6.07) is 20.8. The third-order valence-corrected chi connectivity index (χ3v) is 4.74. The van der Waals surface area contributed by atoms with Crippen molar-refractivity contribution in [2.45, 2.75) is 13.8 Å². The minimum Gasteiger partial charge on any atom is -0.436 e. The number of nitrogens with one attached hydrogen (secondary N) is 2. The zero-order valence-corrected chi connectivity index (χ0v) is 16.8. The van der Waals surface area contributed by atoms with Crippen molar-refractivity contribution < 1.29 is 9.21 Å². The van der Waals surface area contributed by atoms with Crippen molar-refractivity contribution >= 4 is 40.0 Å². The molecule has 1 aromatic heterocycles. The Hall–Kier alpha value is -3.51. The minimum absolute atomic E-state index is 0.233. The Kier molecular flexibility index (Phi) is 5.10. The van der Waals surface area contributed by atoms with Gasteiger partial charge in [-0.2, -0.15) is 0 Å². The van der Waals surface area contributed by atoms with E-state index in [4.69, 9.17) is 16.6 Å². The van der Waals surface area contributed by atoms with E-state index in [2.05, 4.69) is 15.6 Å². The van der Waals surface area contributed by atoms with Gasteiger partial charge in [-0.3, -0.25) is 10.1 Å². The van der Waals surface area contributed by atoms with Crippen molar-refractivity contribution in [3.05, 3.63) is 83.4 Å². The molecule has 0 fully saturated rings. The Balaban J connectivity index is 1.43. The number of carbonyl (C=O) groups excluding carboxylic acids is 1. The van der Waals surface area contributed by atoms with E-state index in [1.165, 1.54) is 0 Å². The van der Waals surface area contributed by atoms with Crippen LogP contribution in [0.3, 0.4) is 0 Å². The second kappa shape index (κ2) is 7.85. The molecule has 0 atom stereocenters. The van der Waals surface area contributed by atoms with Gasteiger partial charge in [0.1, 0.15) is 5.52 Å². The Morgan fingerprint density at radius 3 is 2.48 bits per heavy atom. The maximum absolute atomic E-state index is 12.4. The second-order valence-corrected chi connectivity index (χ2v) is 7.20. The molecule has 4 rings (SSSR count). The Morgan fingerprint density at radius 1 is 1.00 bits per heavy atom. The molecular weight excluding hydrogens is 382 g/mol. The normalized spacial score (nSPS) is 10.7. The Bertz CT molecular complexity index is 1180. The van der Waals surface area contributed by atoms with Gasteiger partial charge in [-0.05, 0) is 74.1 Å². The fourth-order valence-electron chi connectivity index (χ4n) is 3.09. The highest BCUT2D eigenvalue weighted by molar-refractivity contribution is 7.80. The number of benzene rings is 3. The van der Waals surface area contributed by atoms with Crippen LogP contribution in [0.4, 0.5) is 5.69 Å². The van der Waals surface area contributed by atoms with Gasteiger partial charge in [0.05, 0.1) is 0 Å². The zero-order valence-electron chi connectivity index (χ0n) is 16.0. The average molecular weight is 401 g/mol. The molecule has 0 bridgehead atoms. The van der Waals surface area contributed by atoms with Gasteiger partial charge >= 0.3 is 0 Å². The lowest BCUT2D eigenvalue weighted by atomic mass is 10.1. The molecule has 3 aromatic carbocycles. The average Bonchev–Trinajstić information content (AvgIpc) is 3.12. The maximum Gasteiger partial charge on any atom is 0.257 e. The van der Waals surface area contributed by atoms with Gasteiger partial charge in [0, 0.05) is 16.8 Å². The smallest absolute Gasteiger partial charge is 0.257 e. The van der Waals surface area contributed by atoms with Gasteiger partial charge in [0.15, 0.2) is 10.7 Å². The third-order valence-electron chi connectivity index (χ3n) is 4.54. The lowest BCUT2D eigenvalue weighted by Gasteiger charge is -2.11. The highest BCUT2D eigenvalue weighted by Crippen LogP contribution is 2.25. The van der Waals surface area contributed by atoms with Crippen LogP contribution in [0.2, 0.25) is 0 Å². The van der Waals surface area contributed by atoms with Gasteiger partial charge in [-0.15, -0.1) is 0 Å². The Labute approximate surface area is 173 Å². The summed E-state index contributed by atoms with van der Waals surface area (Å²) in [4.78, 5) is 16.9. The first-order valence-electron chi connectivity index (χ1n) is 9.15. The number of nitrogens with zero attached hydrogens (tertiary/aromatic N) is 1. The summed E-state index contributed by atoms with van der Waals surface area (Å²) >= 11 is 5.28. The van der Waals surface area contributed by atoms with Gasteiger partial charge < -0.3 is 9.73 Å². The van der Waals surface area contributed by atoms with E-state index in [0.717, 1.165) is 33.5 Å². The van der Waals surface area contributed by atoms with Crippen LogP contribution < -0.4 is 10.6 Å². The van der Waals surface area contributed by atoms with Crippen LogP contribution in [0.5, 0.6) is 0 Å². The lowest BCUT2D eigenvalue weighted by Crippen LogP contribution is -2.34. The van der Waals surface area contributed by atoms with Gasteiger partial charge in [-0.1, -0.05) is 29.8 Å². The third kappa shape index (κ3) is 4.17. The van der Waals surface area contributed by atoms with E-state index in [9.17, 15) is 4.79 Å². The van der Waals surface area contributed by atoms with E-state index in [0.29, 0.717) is 11.5 Å². The fourth-order valence-corrected chi connectivity index (χ4v) is 3.30. The SMILES string of the molecule is Cc1ccc(C(=O)NC(=S)Nc2ccc(-c3nc4ccccc4o3)cc2)c(C)c1. The number of aryl methyl sites for hydroxylation is 2. The number of oxazole rings is 1. The molecule has 0 aliphatic carbocycles. The molecule has 1 heterocycles. The van der Waals surface area contributed by atoms with Gasteiger partial charge in [-0.25, -0.2) is 4.98 Å². The monoisotopic (exact) mass is 401 g/mol. The Morgan fingerprint density at radius 2 is 1.76 bits per heavy atom. The number of aromatic nitrogens is 1. The number of amides is 1. The zero-order chi connectivity index (χ0) is 20.4. The summed E-state index contributed by atoms with van der Waals surface area (Å²) < 4.78 is 5.78. The predicted octanol–water partition coefficient (Wildman–Crippen LogP) is 5.24. The van der Waals surface area contributed by atoms with Crippen molar-refractivity contribution in [1.82, 2.24) is 10.3 Å². The molecule has 0 saturated heterocycles. The molecular formula is C23H19N3O2S. The molecule has 1 amide bonds. The number of thiocarbonyl (C=S) groups is 1. The molecule has 5 nitrogen and oxygen atoms in total. The first-order valence-corrected chi connectivity index (χ1v) is 9.56. The van der Waals surface area contributed by atoms with E-state index in [1.807, 2.05) is 74.5 Å². The molecule has 144 valence electrons. The summed E-state index contributed by atoms with van der Waals surface area (Å²) in [6.45, 7) is 3.90. The lowest BCUT2D eigenvalue weighted by molar-refractivity contribution is 0.0977. The van der Waals surface area contributed by atoms with Crippen LogP contribution in [0.15, 0.2) is 71.1 Å². The topological polar surface area (TPSA) is 67.2 Å². The van der Waals surface area contributed by atoms with E-state index < -0.39 is 0 Å².